The second-order valence-corrected chi connectivity index (χ2v) is 3.72. The largest absolute Gasteiger partial charge is 0.507 e. The van der Waals surface area contributed by atoms with Crippen LogP contribution in [-0.4, -0.2) is 43.2 Å². The van der Waals surface area contributed by atoms with Gasteiger partial charge >= 0.3 is 20.1 Å². The van der Waals surface area contributed by atoms with Gasteiger partial charge in [0.05, 0.1) is 0 Å². The number of hydrogen-bond acceptors (Lipinski definition) is 8. The molecule has 2 N–H and O–H groups in total. The van der Waals surface area contributed by atoms with Gasteiger partial charge < -0.3 is 19.7 Å². The summed E-state index contributed by atoms with van der Waals surface area (Å²) in [6.45, 7) is -1.79. The normalized spacial score (nSPS) is 10.8. The van der Waals surface area contributed by atoms with Gasteiger partial charge in [0.2, 0.25) is 13.6 Å². The lowest BCUT2D eigenvalue weighted by atomic mass is 11.3. The van der Waals surface area contributed by atoms with Gasteiger partial charge in [-0.2, -0.15) is 0 Å². The molecule has 0 unspecified atom stereocenters. The average Bonchev–Trinajstić information content (AvgIpc) is 2.16. The van der Waals surface area contributed by atoms with Gasteiger partial charge in [-0.1, -0.05) is 0 Å². The van der Waals surface area contributed by atoms with Crippen LogP contribution in [0.1, 0.15) is 0 Å². The van der Waals surface area contributed by atoms with Crippen LogP contribution < -0.4 is 0 Å². The maximum Gasteiger partial charge on any atom is 0.507 e. The van der Waals surface area contributed by atoms with Crippen LogP contribution in [0.3, 0.4) is 0 Å². The summed E-state index contributed by atoms with van der Waals surface area (Å²) in [6.07, 6.45) is -3.30. The highest BCUT2D eigenvalue weighted by molar-refractivity contribution is 7.48. The van der Waals surface area contributed by atoms with Crippen LogP contribution in [0.25, 0.3) is 0 Å². The van der Waals surface area contributed by atoms with Crippen LogP contribution >= 0.6 is 7.82 Å². The van der Waals surface area contributed by atoms with Crippen LogP contribution in [0.2, 0.25) is 0 Å². The fourth-order valence-corrected chi connectivity index (χ4v) is 1.07. The molecule has 0 saturated carbocycles. The first kappa shape index (κ1) is 14.6. The molecule has 16 heavy (non-hydrogen) atoms. The lowest BCUT2D eigenvalue weighted by Gasteiger charge is -2.14. The zero-order chi connectivity index (χ0) is 12.6. The van der Waals surface area contributed by atoms with Crippen molar-refractivity contribution in [3.8, 4) is 0 Å². The quantitative estimate of drug-likeness (QED) is 0.388. The van der Waals surface area contributed by atoms with Crippen molar-refractivity contribution in [2.24, 2.45) is 0 Å². The van der Waals surface area contributed by atoms with E-state index >= 15 is 0 Å². The molecule has 10 nitrogen and oxygen atoms in total. The summed E-state index contributed by atoms with van der Waals surface area (Å²) in [5.74, 6) is 0. The maximum absolute atomic E-state index is 11.3. The molecule has 11 heteroatoms. The van der Waals surface area contributed by atoms with Gasteiger partial charge in [0.15, 0.2) is 0 Å². The second kappa shape index (κ2) is 7.01. The Morgan fingerprint density at radius 3 is 1.69 bits per heavy atom. The standard InChI is InChI=1S/C5H9O10P/c1-11-16(10,14-2-12-4(6)7)15-3-13-5(8)9/h2-3H2,1H3,(H,6,7)(H,8,9). The molecule has 0 radical (unpaired) electrons. The SMILES string of the molecule is COP(=O)(OCOC(=O)O)OCOC(=O)O. The monoisotopic (exact) mass is 260 g/mol. The van der Waals surface area contributed by atoms with Gasteiger partial charge in [-0.15, -0.1) is 0 Å². The fourth-order valence-electron chi connectivity index (χ4n) is 0.425. The van der Waals surface area contributed by atoms with Crippen molar-refractivity contribution in [2.75, 3.05) is 20.7 Å². The molecular formula is C5H9O10P. The Hall–Kier alpha value is -1.35. The summed E-state index contributed by atoms with van der Waals surface area (Å²) in [5.41, 5.74) is 0. The van der Waals surface area contributed by atoms with Gasteiger partial charge in [0.25, 0.3) is 0 Å². The first-order valence-electron chi connectivity index (χ1n) is 3.56. The molecule has 0 rings (SSSR count). The first-order chi connectivity index (χ1) is 7.39. The van der Waals surface area contributed by atoms with Gasteiger partial charge in [-0.25, -0.2) is 23.2 Å². The Bertz CT molecular complexity index is 263. The van der Waals surface area contributed by atoms with Crippen molar-refractivity contribution in [3.05, 3.63) is 0 Å². The summed E-state index contributed by atoms with van der Waals surface area (Å²) in [4.78, 5) is 19.8. The number of rotatable bonds is 7. The molecule has 0 atom stereocenters. The fraction of sp³-hybridized carbons (Fsp3) is 0.600. The number of hydrogen-bond donors (Lipinski definition) is 2. The van der Waals surface area contributed by atoms with E-state index in [0.717, 1.165) is 7.11 Å². The van der Waals surface area contributed by atoms with Crippen LogP contribution in [0, 0.1) is 0 Å². The van der Waals surface area contributed by atoms with E-state index in [1.807, 2.05) is 0 Å². The molecule has 0 aliphatic heterocycles. The van der Waals surface area contributed by atoms with Crippen LogP contribution in [-0.2, 0) is 27.6 Å². The maximum atomic E-state index is 11.3. The minimum atomic E-state index is -4.09. The van der Waals surface area contributed by atoms with Crippen molar-refractivity contribution in [2.45, 2.75) is 0 Å². The molecule has 0 aromatic rings. The third-order valence-corrected chi connectivity index (χ3v) is 2.30. The van der Waals surface area contributed by atoms with E-state index in [9.17, 15) is 14.2 Å². The van der Waals surface area contributed by atoms with Crippen molar-refractivity contribution in [3.63, 3.8) is 0 Å². The summed E-state index contributed by atoms with van der Waals surface area (Å²) >= 11 is 0. The number of phosphoric acid groups is 1. The molecule has 0 bridgehead atoms. The lowest BCUT2D eigenvalue weighted by molar-refractivity contribution is -0.0235. The summed E-state index contributed by atoms with van der Waals surface area (Å²) in [5, 5.41) is 16.1. The van der Waals surface area contributed by atoms with E-state index in [2.05, 4.69) is 23.0 Å². The van der Waals surface area contributed by atoms with E-state index in [-0.39, 0.29) is 0 Å². The van der Waals surface area contributed by atoms with Crippen molar-refractivity contribution >= 4 is 20.1 Å². The Morgan fingerprint density at radius 2 is 1.44 bits per heavy atom. The highest BCUT2D eigenvalue weighted by Crippen LogP contribution is 2.48. The highest BCUT2D eigenvalue weighted by Gasteiger charge is 2.26. The van der Waals surface area contributed by atoms with E-state index in [1.54, 1.807) is 0 Å². The second-order valence-electron chi connectivity index (χ2n) is 1.94. The Morgan fingerprint density at radius 1 is 1.06 bits per heavy atom. The first-order valence-corrected chi connectivity index (χ1v) is 5.02. The Balaban J connectivity index is 3.95. The number of carbonyl (C=O) groups is 2. The molecule has 0 aromatic carbocycles. The summed E-state index contributed by atoms with van der Waals surface area (Å²) < 4.78 is 32.0. The van der Waals surface area contributed by atoms with Gasteiger partial charge in [-0.3, -0.25) is 4.52 Å². The molecule has 94 valence electrons. The van der Waals surface area contributed by atoms with E-state index < -0.39 is 33.7 Å². The molecule has 0 aliphatic carbocycles. The predicted molar refractivity (Wildman–Crippen MR) is 44.7 cm³/mol. The lowest BCUT2D eigenvalue weighted by Crippen LogP contribution is -2.09. The van der Waals surface area contributed by atoms with Crippen LogP contribution in [0.4, 0.5) is 9.59 Å². The van der Waals surface area contributed by atoms with E-state index in [4.69, 9.17) is 10.2 Å². The van der Waals surface area contributed by atoms with E-state index in [0.29, 0.717) is 0 Å². The van der Waals surface area contributed by atoms with Crippen molar-refractivity contribution in [1.29, 1.82) is 0 Å². The zero-order valence-electron chi connectivity index (χ0n) is 8.02. The molecule has 0 amide bonds. The third-order valence-electron chi connectivity index (χ3n) is 1.01. The van der Waals surface area contributed by atoms with Crippen molar-refractivity contribution < 1.29 is 47.4 Å². The minimum absolute atomic E-state index is 0.895. The number of phosphoric ester groups is 1. The Labute approximate surface area is 89.2 Å². The summed E-state index contributed by atoms with van der Waals surface area (Å²) in [6, 6.07) is 0. The van der Waals surface area contributed by atoms with E-state index in [1.165, 1.54) is 0 Å². The Kier molecular flexibility index (Phi) is 6.42. The molecule has 0 heterocycles. The van der Waals surface area contributed by atoms with Crippen LogP contribution in [0.15, 0.2) is 0 Å². The molecule has 0 fully saturated rings. The predicted octanol–water partition coefficient (Wildman–Crippen LogP) is 1.08. The zero-order valence-corrected chi connectivity index (χ0v) is 8.92. The summed E-state index contributed by atoms with van der Waals surface area (Å²) in [7, 11) is -3.14. The van der Waals surface area contributed by atoms with Gasteiger partial charge in [0.1, 0.15) is 0 Å². The third kappa shape index (κ3) is 7.01. The topological polar surface area (TPSA) is 138 Å². The smallest absolute Gasteiger partial charge is 0.450 e. The minimum Gasteiger partial charge on any atom is -0.450 e. The van der Waals surface area contributed by atoms with Crippen molar-refractivity contribution in [1.82, 2.24) is 0 Å². The van der Waals surface area contributed by atoms with Gasteiger partial charge in [-0.05, 0) is 0 Å². The van der Waals surface area contributed by atoms with Crippen LogP contribution in [0.5, 0.6) is 0 Å². The number of ether oxygens (including phenoxy) is 2. The number of carboxylic acid groups (broad SMARTS) is 2. The molecular weight excluding hydrogens is 251 g/mol. The molecule has 0 aliphatic rings. The average molecular weight is 260 g/mol. The van der Waals surface area contributed by atoms with Gasteiger partial charge in [0, 0.05) is 7.11 Å². The molecule has 0 aromatic heterocycles. The highest BCUT2D eigenvalue weighted by atomic mass is 31.2. The molecule has 0 saturated heterocycles. The molecule has 0 spiro atoms.